The molecule has 0 saturated heterocycles. The van der Waals surface area contributed by atoms with Gasteiger partial charge in [-0.25, -0.2) is 4.68 Å². The fraction of sp³-hybridized carbons (Fsp3) is 0.261. The molecule has 1 aromatic heterocycles. The van der Waals surface area contributed by atoms with Crippen LogP contribution in [0.3, 0.4) is 0 Å². The number of hydrogen-bond donors (Lipinski definition) is 1. The van der Waals surface area contributed by atoms with Gasteiger partial charge in [0.05, 0.1) is 10.5 Å². The van der Waals surface area contributed by atoms with E-state index in [0.717, 1.165) is 23.4 Å². The Bertz CT molecular complexity index is 1260. The Morgan fingerprint density at radius 1 is 1.12 bits per heavy atom. The molecule has 1 aliphatic carbocycles. The van der Waals surface area contributed by atoms with Gasteiger partial charge in [0.25, 0.3) is 5.69 Å². The van der Waals surface area contributed by atoms with E-state index in [1.54, 1.807) is 22.9 Å². The Morgan fingerprint density at radius 2 is 1.88 bits per heavy atom. The summed E-state index contributed by atoms with van der Waals surface area (Å²) < 4.78 is 1.61. The summed E-state index contributed by atoms with van der Waals surface area (Å²) in [6.45, 7) is 0. The van der Waals surface area contributed by atoms with E-state index in [1.165, 1.54) is 6.07 Å². The van der Waals surface area contributed by atoms with Gasteiger partial charge in [-0.1, -0.05) is 12.1 Å². The van der Waals surface area contributed by atoms with Crippen LogP contribution in [0.5, 0.6) is 0 Å². The minimum absolute atomic E-state index is 0.0139. The third-order valence-corrected chi connectivity index (χ3v) is 5.94. The van der Waals surface area contributed by atoms with Gasteiger partial charge in [0.15, 0.2) is 11.6 Å². The maximum absolute atomic E-state index is 12.9. The molecule has 162 valence electrons. The van der Waals surface area contributed by atoms with Crippen molar-refractivity contribution < 1.29 is 9.72 Å². The van der Waals surface area contributed by atoms with E-state index in [2.05, 4.69) is 10.3 Å². The summed E-state index contributed by atoms with van der Waals surface area (Å²) in [6, 6.07) is 13.7. The molecule has 2 heterocycles. The third-order valence-electron chi connectivity index (χ3n) is 5.94. The van der Waals surface area contributed by atoms with Crippen LogP contribution in [0.25, 0.3) is 11.4 Å². The Balaban J connectivity index is 1.67. The van der Waals surface area contributed by atoms with Crippen LogP contribution in [-0.4, -0.2) is 39.6 Å². The lowest BCUT2D eigenvalue weighted by Gasteiger charge is -2.31. The predicted octanol–water partition coefficient (Wildman–Crippen LogP) is 3.94. The number of nitrogens with zero attached hydrogens (tertiary/aromatic N) is 5. The van der Waals surface area contributed by atoms with Crippen LogP contribution in [0, 0.1) is 10.1 Å². The molecule has 1 aliphatic heterocycles. The molecule has 5 rings (SSSR count). The summed E-state index contributed by atoms with van der Waals surface area (Å²) in [7, 11) is 3.94. The predicted molar refractivity (Wildman–Crippen MR) is 121 cm³/mol. The van der Waals surface area contributed by atoms with Crippen LogP contribution in [0.15, 0.2) is 59.8 Å². The summed E-state index contributed by atoms with van der Waals surface area (Å²) in [4.78, 5) is 31.0. The van der Waals surface area contributed by atoms with E-state index in [4.69, 9.17) is 5.10 Å². The second-order valence-electron chi connectivity index (χ2n) is 8.16. The maximum atomic E-state index is 12.9. The number of carbonyl (C=O) groups excluding carboxylic acids is 1. The van der Waals surface area contributed by atoms with Crippen molar-refractivity contribution in [3.63, 3.8) is 0 Å². The van der Waals surface area contributed by atoms with Crippen LogP contribution < -0.4 is 10.2 Å². The number of rotatable bonds is 4. The number of benzene rings is 2. The number of hydrogen-bond acceptors (Lipinski definition) is 7. The van der Waals surface area contributed by atoms with Crippen molar-refractivity contribution in [1.82, 2.24) is 14.8 Å². The number of nitro benzene ring substituents is 1. The minimum atomic E-state index is -0.696. The summed E-state index contributed by atoms with van der Waals surface area (Å²) in [5, 5.41) is 19.7. The Morgan fingerprint density at radius 3 is 2.59 bits per heavy atom. The molecule has 2 aliphatic rings. The van der Waals surface area contributed by atoms with Crippen LogP contribution in [0.1, 0.15) is 30.9 Å². The number of nitrogens with one attached hydrogen (secondary N) is 1. The first kappa shape index (κ1) is 19.9. The molecule has 9 nitrogen and oxygen atoms in total. The van der Waals surface area contributed by atoms with Gasteiger partial charge < -0.3 is 10.2 Å². The second-order valence-corrected chi connectivity index (χ2v) is 8.16. The van der Waals surface area contributed by atoms with Crippen molar-refractivity contribution in [3.05, 3.63) is 75.5 Å². The van der Waals surface area contributed by atoms with Gasteiger partial charge in [-0.2, -0.15) is 4.98 Å². The topological polar surface area (TPSA) is 106 Å². The van der Waals surface area contributed by atoms with Gasteiger partial charge in [0.2, 0.25) is 5.95 Å². The monoisotopic (exact) mass is 430 g/mol. The molecule has 0 spiro atoms. The Hall–Kier alpha value is -4.01. The molecule has 1 unspecified atom stereocenters. The van der Waals surface area contributed by atoms with Crippen molar-refractivity contribution in [1.29, 1.82) is 0 Å². The van der Waals surface area contributed by atoms with Gasteiger partial charge >= 0.3 is 0 Å². The zero-order valence-electron chi connectivity index (χ0n) is 17.8. The molecule has 0 saturated carbocycles. The number of para-hydroxylation sites is 1. The summed E-state index contributed by atoms with van der Waals surface area (Å²) in [6.07, 6.45) is 1.85. The van der Waals surface area contributed by atoms with E-state index in [1.807, 2.05) is 43.3 Å². The lowest BCUT2D eigenvalue weighted by Crippen LogP contribution is -2.31. The van der Waals surface area contributed by atoms with Gasteiger partial charge in [-0.3, -0.25) is 14.9 Å². The summed E-state index contributed by atoms with van der Waals surface area (Å²) in [5.41, 5.74) is 3.59. The average Bonchev–Trinajstić information content (AvgIpc) is 3.21. The van der Waals surface area contributed by atoms with Crippen molar-refractivity contribution in [2.24, 2.45) is 0 Å². The highest BCUT2D eigenvalue weighted by Crippen LogP contribution is 2.43. The normalized spacial score (nSPS) is 17.4. The van der Waals surface area contributed by atoms with E-state index < -0.39 is 11.0 Å². The number of allylic oxidation sites excluding steroid dienone is 2. The smallest absolute Gasteiger partial charge is 0.275 e. The number of nitro groups is 1. The number of aromatic nitrogens is 3. The quantitative estimate of drug-likeness (QED) is 0.493. The maximum Gasteiger partial charge on any atom is 0.275 e. The van der Waals surface area contributed by atoms with E-state index in [-0.39, 0.29) is 11.5 Å². The average molecular weight is 430 g/mol. The largest absolute Gasteiger partial charge is 0.378 e. The highest BCUT2D eigenvalue weighted by Gasteiger charge is 2.39. The molecule has 3 aromatic rings. The number of ketones is 1. The Kier molecular flexibility index (Phi) is 4.73. The number of anilines is 2. The lowest BCUT2D eigenvalue weighted by atomic mass is 9.85. The van der Waals surface area contributed by atoms with Crippen molar-refractivity contribution in [2.75, 3.05) is 24.3 Å². The molecule has 1 N–H and O–H groups in total. The van der Waals surface area contributed by atoms with Gasteiger partial charge in [0, 0.05) is 49.1 Å². The molecular weight excluding hydrogens is 408 g/mol. The second kappa shape index (κ2) is 7.60. The number of carbonyl (C=O) groups is 1. The Labute approximate surface area is 184 Å². The van der Waals surface area contributed by atoms with Gasteiger partial charge in [0.1, 0.15) is 6.04 Å². The first-order chi connectivity index (χ1) is 15.4. The zero-order valence-corrected chi connectivity index (χ0v) is 17.8. The van der Waals surface area contributed by atoms with Gasteiger partial charge in [-0.05, 0) is 43.2 Å². The first-order valence-electron chi connectivity index (χ1n) is 10.4. The molecule has 1 atom stereocenters. The summed E-state index contributed by atoms with van der Waals surface area (Å²) >= 11 is 0. The highest BCUT2D eigenvalue weighted by molar-refractivity contribution is 5.99. The molecular formula is C23H22N6O3. The fourth-order valence-corrected chi connectivity index (χ4v) is 4.36. The standard InChI is InChI=1S/C23H22N6O3/c1-27(2)15-12-10-14(11-13-15)22-25-23-24-17-7-5-9-19(30)20(17)21(28(23)26-22)16-6-3-4-8-18(16)29(31)32/h3-4,6,8,10-13,21H,5,7,9H2,1-2H3,(H,24,25,26). The summed E-state index contributed by atoms with van der Waals surface area (Å²) in [5.74, 6) is 0.960. The molecule has 2 aromatic carbocycles. The minimum Gasteiger partial charge on any atom is -0.378 e. The van der Waals surface area contributed by atoms with Crippen molar-refractivity contribution in [3.8, 4) is 11.4 Å². The lowest BCUT2D eigenvalue weighted by molar-refractivity contribution is -0.385. The zero-order chi connectivity index (χ0) is 22.4. The third kappa shape index (κ3) is 3.22. The van der Waals surface area contributed by atoms with E-state index in [0.29, 0.717) is 35.8 Å². The van der Waals surface area contributed by atoms with Crippen LogP contribution in [0.2, 0.25) is 0 Å². The van der Waals surface area contributed by atoms with E-state index >= 15 is 0 Å². The first-order valence-corrected chi connectivity index (χ1v) is 10.4. The molecule has 0 radical (unpaired) electrons. The number of Topliss-reactive ketones (excluding diaryl/α,β-unsaturated/α-hetero) is 1. The molecule has 0 fully saturated rings. The van der Waals surface area contributed by atoms with Crippen LogP contribution in [0.4, 0.5) is 17.3 Å². The molecule has 9 heteroatoms. The molecule has 32 heavy (non-hydrogen) atoms. The van der Waals surface area contributed by atoms with Crippen molar-refractivity contribution >= 4 is 23.1 Å². The molecule has 0 amide bonds. The number of fused-ring (bicyclic) bond motifs is 1. The van der Waals surface area contributed by atoms with Crippen LogP contribution in [-0.2, 0) is 4.79 Å². The molecule has 0 bridgehead atoms. The van der Waals surface area contributed by atoms with Gasteiger partial charge in [-0.15, -0.1) is 5.10 Å². The highest BCUT2D eigenvalue weighted by atomic mass is 16.6. The van der Waals surface area contributed by atoms with Crippen molar-refractivity contribution in [2.45, 2.75) is 25.3 Å². The SMILES string of the molecule is CN(C)c1ccc(-c2nc3n(n2)C(c2ccccc2[N+](=O)[O-])C2=C(CCCC2=O)N3)cc1. The van der Waals surface area contributed by atoms with E-state index in [9.17, 15) is 14.9 Å². The fourth-order valence-electron chi connectivity index (χ4n) is 4.36. The van der Waals surface area contributed by atoms with Crippen LogP contribution >= 0.6 is 0 Å².